The summed E-state index contributed by atoms with van der Waals surface area (Å²) in [5.74, 6) is 0.550. The van der Waals surface area contributed by atoms with Gasteiger partial charge in [-0.15, -0.1) is 11.3 Å². The van der Waals surface area contributed by atoms with Crippen molar-refractivity contribution in [2.24, 2.45) is 5.92 Å². The number of hydrogen-bond acceptors (Lipinski definition) is 5. The summed E-state index contributed by atoms with van der Waals surface area (Å²) in [5, 5.41) is 15.8. The lowest BCUT2D eigenvalue weighted by Gasteiger charge is -2.25. The number of carbonyl (C=O) groups is 2. The molecule has 0 radical (unpaired) electrons. The summed E-state index contributed by atoms with van der Waals surface area (Å²) < 4.78 is 0. The Labute approximate surface area is 145 Å². The fourth-order valence-electron chi connectivity index (χ4n) is 3.29. The topological polar surface area (TPSA) is 85.2 Å². The second kappa shape index (κ2) is 7.32. The van der Waals surface area contributed by atoms with Crippen molar-refractivity contribution >= 4 is 28.2 Å². The molecule has 2 heterocycles. The van der Waals surface area contributed by atoms with E-state index in [0.717, 1.165) is 31.4 Å². The van der Waals surface area contributed by atoms with E-state index in [2.05, 4.69) is 23.6 Å². The van der Waals surface area contributed by atoms with Gasteiger partial charge in [-0.2, -0.15) is 5.26 Å². The molecule has 24 heavy (non-hydrogen) atoms. The van der Waals surface area contributed by atoms with E-state index < -0.39 is 0 Å². The molecule has 2 N–H and O–H groups in total. The lowest BCUT2D eigenvalue weighted by Crippen LogP contribution is -2.48. The van der Waals surface area contributed by atoms with Gasteiger partial charge in [0.05, 0.1) is 12.1 Å². The molecule has 1 aromatic heterocycles. The number of nitrogens with zero attached hydrogens (tertiary/aromatic N) is 2. The van der Waals surface area contributed by atoms with Gasteiger partial charge >= 0.3 is 0 Å². The van der Waals surface area contributed by atoms with Gasteiger partial charge < -0.3 is 10.6 Å². The van der Waals surface area contributed by atoms with Gasteiger partial charge in [-0.1, -0.05) is 6.92 Å². The maximum atomic E-state index is 12.2. The Kier molecular flexibility index (Phi) is 5.17. The van der Waals surface area contributed by atoms with Crippen LogP contribution < -0.4 is 10.6 Å². The molecule has 0 bridgehead atoms. The molecule has 0 spiro atoms. The molecule has 7 heteroatoms. The molecule has 0 unspecified atom stereocenters. The van der Waals surface area contributed by atoms with Gasteiger partial charge in [0.2, 0.25) is 11.8 Å². The van der Waals surface area contributed by atoms with E-state index in [1.807, 2.05) is 4.90 Å². The zero-order valence-electron chi connectivity index (χ0n) is 13.9. The maximum absolute atomic E-state index is 12.2. The van der Waals surface area contributed by atoms with Gasteiger partial charge in [0.1, 0.15) is 11.1 Å². The zero-order chi connectivity index (χ0) is 17.1. The maximum Gasteiger partial charge on any atom is 0.234 e. The van der Waals surface area contributed by atoms with Crippen molar-refractivity contribution in [2.45, 2.75) is 32.6 Å². The molecule has 2 amide bonds. The molecular weight excluding hydrogens is 324 g/mol. The largest absolute Gasteiger partial charge is 0.354 e. The summed E-state index contributed by atoms with van der Waals surface area (Å²) in [6.07, 6.45) is 3.35. The van der Waals surface area contributed by atoms with Gasteiger partial charge in [0.25, 0.3) is 0 Å². The number of nitriles is 1. The molecule has 1 atom stereocenters. The van der Waals surface area contributed by atoms with Gasteiger partial charge in [-0.3, -0.25) is 14.5 Å². The van der Waals surface area contributed by atoms with E-state index in [1.54, 1.807) is 11.3 Å². The van der Waals surface area contributed by atoms with E-state index >= 15 is 0 Å². The SMILES string of the molecule is C[C@H]1CCc2c(sc(NC(=O)CCN3CCNC(=O)C3)c2C#N)C1. The quantitative estimate of drug-likeness (QED) is 0.865. The van der Waals surface area contributed by atoms with E-state index in [9.17, 15) is 14.9 Å². The third-order valence-electron chi connectivity index (χ3n) is 4.65. The van der Waals surface area contributed by atoms with Crippen molar-refractivity contribution in [3.63, 3.8) is 0 Å². The van der Waals surface area contributed by atoms with Gasteiger partial charge in [0.15, 0.2) is 0 Å². The highest BCUT2D eigenvalue weighted by atomic mass is 32.1. The Bertz CT molecular complexity index is 691. The van der Waals surface area contributed by atoms with Gasteiger partial charge in [0, 0.05) is 30.9 Å². The summed E-state index contributed by atoms with van der Waals surface area (Å²) in [6, 6.07) is 2.27. The fraction of sp³-hybridized carbons (Fsp3) is 0.588. The highest BCUT2D eigenvalue weighted by Crippen LogP contribution is 2.39. The molecular formula is C17H22N4O2S. The first kappa shape index (κ1) is 16.9. The number of carbonyl (C=O) groups excluding carboxylic acids is 2. The molecule has 1 saturated heterocycles. The number of rotatable bonds is 4. The third-order valence-corrected chi connectivity index (χ3v) is 5.82. The summed E-state index contributed by atoms with van der Waals surface area (Å²) >= 11 is 1.55. The number of amides is 2. The van der Waals surface area contributed by atoms with Crippen LogP contribution in [0.25, 0.3) is 0 Å². The number of anilines is 1. The Morgan fingerprint density at radius 2 is 2.38 bits per heavy atom. The number of hydrogen-bond donors (Lipinski definition) is 2. The van der Waals surface area contributed by atoms with Crippen LogP contribution in [0.5, 0.6) is 0 Å². The number of fused-ring (bicyclic) bond motifs is 1. The minimum atomic E-state index is -0.0934. The van der Waals surface area contributed by atoms with Crippen LogP contribution in [0.3, 0.4) is 0 Å². The summed E-state index contributed by atoms with van der Waals surface area (Å²) in [4.78, 5) is 26.8. The fourth-order valence-corrected chi connectivity index (χ4v) is 4.67. The molecule has 6 nitrogen and oxygen atoms in total. The molecule has 0 saturated carbocycles. The van der Waals surface area contributed by atoms with E-state index in [1.165, 1.54) is 4.88 Å². The van der Waals surface area contributed by atoms with Crippen LogP contribution in [0.2, 0.25) is 0 Å². The smallest absolute Gasteiger partial charge is 0.234 e. The average Bonchev–Trinajstić information content (AvgIpc) is 2.89. The first-order valence-corrected chi connectivity index (χ1v) is 9.22. The first-order chi connectivity index (χ1) is 11.6. The van der Waals surface area contributed by atoms with Crippen LogP contribution in [-0.2, 0) is 22.4 Å². The lowest BCUT2D eigenvalue weighted by atomic mass is 9.89. The Morgan fingerprint density at radius 1 is 1.54 bits per heavy atom. The van der Waals surface area contributed by atoms with Crippen LogP contribution >= 0.6 is 11.3 Å². The number of nitrogens with one attached hydrogen (secondary N) is 2. The van der Waals surface area contributed by atoms with Gasteiger partial charge in [-0.25, -0.2) is 0 Å². The first-order valence-electron chi connectivity index (χ1n) is 8.40. The lowest BCUT2D eigenvalue weighted by molar-refractivity contribution is -0.125. The summed E-state index contributed by atoms with van der Waals surface area (Å²) in [7, 11) is 0. The monoisotopic (exact) mass is 346 g/mol. The van der Waals surface area contributed by atoms with E-state index in [-0.39, 0.29) is 11.8 Å². The van der Waals surface area contributed by atoms with Crippen LogP contribution in [-0.4, -0.2) is 42.9 Å². The molecule has 1 aliphatic carbocycles. The Hall–Kier alpha value is -1.91. The predicted molar refractivity (Wildman–Crippen MR) is 92.9 cm³/mol. The van der Waals surface area contributed by atoms with Crippen molar-refractivity contribution in [3.8, 4) is 6.07 Å². The van der Waals surface area contributed by atoms with Crippen LogP contribution in [0.1, 0.15) is 35.8 Å². The zero-order valence-corrected chi connectivity index (χ0v) is 14.7. The van der Waals surface area contributed by atoms with Crippen molar-refractivity contribution in [3.05, 3.63) is 16.0 Å². The Morgan fingerprint density at radius 3 is 3.12 bits per heavy atom. The minimum absolute atomic E-state index is 0.00785. The van der Waals surface area contributed by atoms with Crippen molar-refractivity contribution in [2.75, 3.05) is 31.5 Å². The van der Waals surface area contributed by atoms with Crippen LogP contribution in [0.4, 0.5) is 5.00 Å². The normalized spacial score (nSPS) is 20.8. The molecule has 3 rings (SSSR count). The third kappa shape index (κ3) is 3.77. The molecule has 2 aliphatic rings. The molecule has 1 fully saturated rings. The van der Waals surface area contributed by atoms with Crippen LogP contribution in [0.15, 0.2) is 0 Å². The highest BCUT2D eigenvalue weighted by molar-refractivity contribution is 7.16. The number of piperazine rings is 1. The predicted octanol–water partition coefficient (Wildman–Crippen LogP) is 1.50. The summed E-state index contributed by atoms with van der Waals surface area (Å²) in [5.41, 5.74) is 1.77. The van der Waals surface area contributed by atoms with Crippen molar-refractivity contribution in [1.29, 1.82) is 5.26 Å². The van der Waals surface area contributed by atoms with Crippen molar-refractivity contribution in [1.82, 2.24) is 10.2 Å². The van der Waals surface area contributed by atoms with Crippen LogP contribution in [0, 0.1) is 17.2 Å². The number of thiophene rings is 1. The van der Waals surface area contributed by atoms with Crippen molar-refractivity contribution < 1.29 is 9.59 Å². The minimum Gasteiger partial charge on any atom is -0.354 e. The van der Waals surface area contributed by atoms with Gasteiger partial charge in [-0.05, 0) is 30.7 Å². The van der Waals surface area contributed by atoms with E-state index in [0.29, 0.717) is 42.5 Å². The second-order valence-corrected chi connectivity index (χ2v) is 7.70. The second-order valence-electron chi connectivity index (χ2n) is 6.59. The molecule has 128 valence electrons. The average molecular weight is 346 g/mol. The highest BCUT2D eigenvalue weighted by Gasteiger charge is 2.25. The standard InChI is InChI=1S/C17H22N4O2S/c1-11-2-3-12-13(9-18)17(24-14(12)8-11)20-15(22)4-6-21-7-5-19-16(23)10-21/h11H,2-8,10H2,1H3,(H,19,23)(H,20,22)/t11-/m0/s1. The summed E-state index contributed by atoms with van der Waals surface area (Å²) in [6.45, 7) is 4.54. The molecule has 1 aliphatic heterocycles. The molecule has 0 aromatic carbocycles. The molecule has 1 aromatic rings. The Balaban J connectivity index is 1.60. The van der Waals surface area contributed by atoms with E-state index in [4.69, 9.17) is 0 Å².